The monoisotopic (exact) mass is 452 g/mol. The summed E-state index contributed by atoms with van der Waals surface area (Å²) in [6, 6.07) is 19.8. The van der Waals surface area contributed by atoms with Gasteiger partial charge >= 0.3 is 0 Å². The lowest BCUT2D eigenvalue weighted by atomic mass is 10.1. The van der Waals surface area contributed by atoms with Gasteiger partial charge in [0.25, 0.3) is 10.0 Å². The van der Waals surface area contributed by atoms with E-state index in [-0.39, 0.29) is 22.3 Å². The highest BCUT2D eigenvalue weighted by Gasteiger charge is 2.19. The van der Waals surface area contributed by atoms with Crippen LogP contribution >= 0.6 is 11.6 Å². The average molecular weight is 453 g/mol. The molecule has 1 aromatic heterocycles. The van der Waals surface area contributed by atoms with Gasteiger partial charge in [-0.1, -0.05) is 29.8 Å². The SMILES string of the molecule is CC(=O)c1ccc(Nc2nc3ccccc3nc2NS(=O)(=O)c2cccc(Cl)c2)cc1. The zero-order valence-electron chi connectivity index (χ0n) is 16.3. The maximum absolute atomic E-state index is 12.9. The summed E-state index contributed by atoms with van der Waals surface area (Å²) in [5.74, 6) is 0.209. The molecular formula is C22H17ClN4O3S. The second-order valence-corrected chi connectivity index (χ2v) is 8.85. The van der Waals surface area contributed by atoms with Crippen LogP contribution in [0.2, 0.25) is 5.02 Å². The van der Waals surface area contributed by atoms with Crippen molar-refractivity contribution in [3.8, 4) is 0 Å². The number of Topliss-reactive ketones (excluding diaryl/α,β-unsaturated/α-hetero) is 1. The Morgan fingerprint density at radius 1 is 0.871 bits per heavy atom. The zero-order chi connectivity index (χ0) is 22.0. The molecule has 0 aliphatic carbocycles. The molecule has 4 aromatic rings. The molecule has 0 radical (unpaired) electrons. The van der Waals surface area contributed by atoms with Crippen molar-refractivity contribution >= 4 is 55.8 Å². The van der Waals surface area contributed by atoms with Crippen LogP contribution in [0.3, 0.4) is 0 Å². The fourth-order valence-corrected chi connectivity index (χ4v) is 4.21. The predicted molar refractivity (Wildman–Crippen MR) is 122 cm³/mol. The molecule has 0 aliphatic rings. The molecule has 1 heterocycles. The molecule has 7 nitrogen and oxygen atoms in total. The van der Waals surface area contributed by atoms with E-state index in [1.807, 2.05) is 6.07 Å². The van der Waals surface area contributed by atoms with Gasteiger partial charge in [0.15, 0.2) is 17.4 Å². The fourth-order valence-electron chi connectivity index (χ4n) is 2.90. The van der Waals surface area contributed by atoms with E-state index in [1.54, 1.807) is 54.6 Å². The highest BCUT2D eigenvalue weighted by molar-refractivity contribution is 7.92. The van der Waals surface area contributed by atoms with Crippen LogP contribution in [0.4, 0.5) is 17.3 Å². The lowest BCUT2D eigenvalue weighted by Gasteiger charge is -2.14. The van der Waals surface area contributed by atoms with Gasteiger partial charge < -0.3 is 5.32 Å². The van der Waals surface area contributed by atoms with Gasteiger partial charge in [-0.3, -0.25) is 9.52 Å². The van der Waals surface area contributed by atoms with Crippen molar-refractivity contribution < 1.29 is 13.2 Å². The van der Waals surface area contributed by atoms with Crippen molar-refractivity contribution in [2.45, 2.75) is 11.8 Å². The maximum atomic E-state index is 12.9. The molecule has 4 rings (SSSR count). The van der Waals surface area contributed by atoms with E-state index in [4.69, 9.17) is 11.6 Å². The Balaban J connectivity index is 1.75. The van der Waals surface area contributed by atoms with Crippen LogP contribution in [0.25, 0.3) is 11.0 Å². The maximum Gasteiger partial charge on any atom is 0.263 e. The number of carbonyl (C=O) groups is 1. The number of nitrogens with one attached hydrogen (secondary N) is 2. The summed E-state index contributed by atoms with van der Waals surface area (Å²) in [5.41, 5.74) is 2.31. The molecule has 0 fully saturated rings. The number of ketones is 1. The first-order valence-electron chi connectivity index (χ1n) is 9.25. The summed E-state index contributed by atoms with van der Waals surface area (Å²) in [7, 11) is -3.96. The Morgan fingerprint density at radius 2 is 1.52 bits per heavy atom. The number of carbonyl (C=O) groups excluding carboxylic acids is 1. The highest BCUT2D eigenvalue weighted by Crippen LogP contribution is 2.27. The largest absolute Gasteiger partial charge is 0.337 e. The normalized spacial score (nSPS) is 11.3. The van der Waals surface area contributed by atoms with Gasteiger partial charge in [-0.05, 0) is 61.5 Å². The summed E-state index contributed by atoms with van der Waals surface area (Å²) in [5, 5.41) is 3.38. The first-order valence-corrected chi connectivity index (χ1v) is 11.1. The Bertz CT molecular complexity index is 1390. The van der Waals surface area contributed by atoms with Crippen molar-refractivity contribution in [3.63, 3.8) is 0 Å². The minimum Gasteiger partial charge on any atom is -0.337 e. The quantitative estimate of drug-likeness (QED) is 0.398. The van der Waals surface area contributed by atoms with Gasteiger partial charge in [0.1, 0.15) is 0 Å². The lowest BCUT2D eigenvalue weighted by Crippen LogP contribution is -2.16. The molecule has 0 saturated carbocycles. The molecule has 156 valence electrons. The summed E-state index contributed by atoms with van der Waals surface area (Å²) in [4.78, 5) is 20.5. The second-order valence-electron chi connectivity index (χ2n) is 6.73. The molecular weight excluding hydrogens is 436 g/mol. The Kier molecular flexibility index (Phi) is 5.58. The molecule has 0 bridgehead atoms. The number of para-hydroxylation sites is 2. The van der Waals surface area contributed by atoms with Crippen molar-refractivity contribution in [3.05, 3.63) is 83.4 Å². The van der Waals surface area contributed by atoms with Crippen LogP contribution in [-0.4, -0.2) is 24.2 Å². The third kappa shape index (κ3) is 4.65. The number of benzene rings is 3. The van der Waals surface area contributed by atoms with Crippen molar-refractivity contribution in [1.82, 2.24) is 9.97 Å². The number of hydrogen-bond acceptors (Lipinski definition) is 6. The number of aromatic nitrogens is 2. The van der Waals surface area contributed by atoms with Crippen LogP contribution in [0, 0.1) is 0 Å². The average Bonchev–Trinajstić information content (AvgIpc) is 2.74. The summed E-state index contributed by atoms with van der Waals surface area (Å²) >= 11 is 5.95. The molecule has 2 N–H and O–H groups in total. The summed E-state index contributed by atoms with van der Waals surface area (Å²) in [6.45, 7) is 1.49. The second kappa shape index (κ2) is 8.33. The zero-order valence-corrected chi connectivity index (χ0v) is 17.9. The van der Waals surface area contributed by atoms with Gasteiger partial charge in [0, 0.05) is 16.3 Å². The van der Waals surface area contributed by atoms with E-state index in [9.17, 15) is 13.2 Å². The first kappa shape index (κ1) is 20.8. The number of rotatable bonds is 6. The van der Waals surface area contributed by atoms with Crippen LogP contribution in [-0.2, 0) is 10.0 Å². The molecule has 3 aromatic carbocycles. The minimum atomic E-state index is -3.96. The van der Waals surface area contributed by atoms with E-state index >= 15 is 0 Å². The Morgan fingerprint density at radius 3 is 2.13 bits per heavy atom. The molecule has 0 saturated heterocycles. The molecule has 0 atom stereocenters. The van der Waals surface area contributed by atoms with Gasteiger partial charge in [-0.25, -0.2) is 18.4 Å². The van der Waals surface area contributed by atoms with E-state index in [2.05, 4.69) is 20.0 Å². The Hall–Kier alpha value is -3.49. The van der Waals surface area contributed by atoms with Gasteiger partial charge in [0.05, 0.1) is 15.9 Å². The van der Waals surface area contributed by atoms with Crippen molar-refractivity contribution in [2.75, 3.05) is 10.0 Å². The number of sulfonamides is 1. The van der Waals surface area contributed by atoms with E-state index in [1.165, 1.54) is 19.1 Å². The molecule has 0 aliphatic heterocycles. The van der Waals surface area contributed by atoms with Crippen LogP contribution in [0.1, 0.15) is 17.3 Å². The molecule has 0 unspecified atom stereocenters. The third-order valence-corrected chi connectivity index (χ3v) is 6.03. The molecule has 0 spiro atoms. The number of fused-ring (bicyclic) bond motifs is 1. The standard InChI is InChI=1S/C22H17ClN4O3S/c1-14(28)15-9-11-17(12-10-15)24-21-22(26-20-8-3-2-7-19(20)25-21)27-31(29,30)18-6-4-5-16(23)13-18/h2-13H,1H3,(H,24,25)(H,26,27). The van der Waals surface area contributed by atoms with Crippen molar-refractivity contribution in [2.24, 2.45) is 0 Å². The van der Waals surface area contributed by atoms with E-state index < -0.39 is 10.0 Å². The predicted octanol–water partition coefficient (Wildman–Crippen LogP) is 5.03. The Labute approximate surface area is 184 Å². The topological polar surface area (TPSA) is 101 Å². The smallest absolute Gasteiger partial charge is 0.263 e. The van der Waals surface area contributed by atoms with Crippen LogP contribution < -0.4 is 10.0 Å². The lowest BCUT2D eigenvalue weighted by molar-refractivity contribution is 0.101. The summed E-state index contributed by atoms with van der Waals surface area (Å²) in [6.07, 6.45) is 0. The van der Waals surface area contributed by atoms with Gasteiger partial charge in [-0.2, -0.15) is 0 Å². The molecule has 9 heteroatoms. The summed E-state index contributed by atoms with van der Waals surface area (Å²) < 4.78 is 28.3. The van der Waals surface area contributed by atoms with Gasteiger partial charge in [-0.15, -0.1) is 0 Å². The van der Waals surface area contributed by atoms with Crippen LogP contribution in [0.5, 0.6) is 0 Å². The first-order chi connectivity index (χ1) is 14.8. The number of anilines is 3. The van der Waals surface area contributed by atoms with E-state index in [0.29, 0.717) is 27.3 Å². The van der Waals surface area contributed by atoms with E-state index in [0.717, 1.165) is 0 Å². The number of nitrogens with zero attached hydrogens (tertiary/aromatic N) is 2. The number of halogens is 1. The number of hydrogen-bond donors (Lipinski definition) is 2. The molecule has 31 heavy (non-hydrogen) atoms. The van der Waals surface area contributed by atoms with Crippen LogP contribution in [0.15, 0.2) is 77.7 Å². The minimum absolute atomic E-state index is 0.00622. The molecule has 0 amide bonds. The van der Waals surface area contributed by atoms with Gasteiger partial charge in [0.2, 0.25) is 0 Å². The third-order valence-electron chi connectivity index (χ3n) is 4.46. The van der Waals surface area contributed by atoms with Crippen molar-refractivity contribution in [1.29, 1.82) is 0 Å². The fraction of sp³-hybridized carbons (Fsp3) is 0.0455. The highest BCUT2D eigenvalue weighted by atomic mass is 35.5.